The van der Waals surface area contributed by atoms with Crippen molar-refractivity contribution in [2.45, 2.75) is 31.9 Å². The molecule has 3 heterocycles. The maximum Gasteiger partial charge on any atom is 0.282 e. The van der Waals surface area contributed by atoms with Crippen LogP contribution in [-0.2, 0) is 13.6 Å². The fourth-order valence-electron chi connectivity index (χ4n) is 3.05. The lowest BCUT2D eigenvalue weighted by Gasteiger charge is -2.24. The number of hydrogen-bond acceptors (Lipinski definition) is 3. The summed E-state index contributed by atoms with van der Waals surface area (Å²) in [5.41, 5.74) is 1.66. The van der Waals surface area contributed by atoms with Crippen LogP contribution in [0.3, 0.4) is 0 Å². The second-order valence-electron chi connectivity index (χ2n) is 5.43. The Hall–Kier alpha value is -1.82. The van der Waals surface area contributed by atoms with Crippen molar-refractivity contribution in [2.75, 3.05) is 6.54 Å². The highest BCUT2D eigenvalue weighted by Crippen LogP contribution is 2.34. The van der Waals surface area contributed by atoms with Gasteiger partial charge in [0.2, 0.25) is 0 Å². The first-order chi connectivity index (χ1) is 10.1. The predicted molar refractivity (Wildman–Crippen MR) is 74.8 cm³/mol. The van der Waals surface area contributed by atoms with E-state index in [1.54, 1.807) is 19.4 Å². The summed E-state index contributed by atoms with van der Waals surface area (Å²) < 4.78 is 27.5. The zero-order chi connectivity index (χ0) is 14.8. The third-order valence-corrected chi connectivity index (χ3v) is 3.95. The van der Waals surface area contributed by atoms with Crippen molar-refractivity contribution in [1.29, 1.82) is 0 Å². The van der Waals surface area contributed by atoms with E-state index >= 15 is 0 Å². The molecule has 1 unspecified atom stereocenters. The SMILES string of the molecule is Cn1cc(CN2CCCC2c2cccnc2)c(C(F)F)n1. The van der Waals surface area contributed by atoms with E-state index in [1.165, 1.54) is 4.68 Å². The fraction of sp³-hybridized carbons (Fsp3) is 0.467. The van der Waals surface area contributed by atoms with E-state index in [9.17, 15) is 8.78 Å². The van der Waals surface area contributed by atoms with Crippen molar-refractivity contribution in [2.24, 2.45) is 7.05 Å². The number of aromatic nitrogens is 3. The van der Waals surface area contributed by atoms with Crippen LogP contribution in [0, 0.1) is 0 Å². The molecule has 1 aliphatic rings. The van der Waals surface area contributed by atoms with Crippen molar-refractivity contribution >= 4 is 0 Å². The molecule has 3 rings (SSSR count). The molecular formula is C15H18F2N4. The molecule has 0 saturated carbocycles. The van der Waals surface area contributed by atoms with E-state index in [0.29, 0.717) is 12.1 Å². The molecule has 0 N–H and O–H groups in total. The van der Waals surface area contributed by atoms with Crippen molar-refractivity contribution in [1.82, 2.24) is 19.7 Å². The maximum absolute atomic E-state index is 13.0. The average molecular weight is 292 g/mol. The highest BCUT2D eigenvalue weighted by atomic mass is 19.3. The fourth-order valence-corrected chi connectivity index (χ4v) is 3.05. The van der Waals surface area contributed by atoms with Crippen LogP contribution < -0.4 is 0 Å². The molecule has 1 aliphatic heterocycles. The summed E-state index contributed by atoms with van der Waals surface area (Å²) in [5, 5.41) is 3.88. The number of pyridine rings is 1. The van der Waals surface area contributed by atoms with Crippen LogP contribution in [0.2, 0.25) is 0 Å². The van der Waals surface area contributed by atoms with Gasteiger partial charge in [0.15, 0.2) is 0 Å². The molecule has 1 fully saturated rings. The van der Waals surface area contributed by atoms with E-state index in [0.717, 1.165) is 24.9 Å². The molecule has 6 heteroatoms. The Morgan fingerprint density at radius 3 is 3.00 bits per heavy atom. The van der Waals surface area contributed by atoms with Crippen LogP contribution in [0.4, 0.5) is 8.78 Å². The van der Waals surface area contributed by atoms with E-state index in [2.05, 4.69) is 15.0 Å². The Bertz CT molecular complexity index is 597. The molecule has 2 aromatic heterocycles. The zero-order valence-electron chi connectivity index (χ0n) is 11.9. The molecule has 4 nitrogen and oxygen atoms in total. The first-order valence-electron chi connectivity index (χ1n) is 7.09. The summed E-state index contributed by atoms with van der Waals surface area (Å²) in [6.07, 6.45) is 4.89. The lowest BCUT2D eigenvalue weighted by molar-refractivity contribution is 0.141. The molecule has 0 bridgehead atoms. The largest absolute Gasteiger partial charge is 0.292 e. The Morgan fingerprint density at radius 1 is 1.43 bits per heavy atom. The molecule has 2 aromatic rings. The summed E-state index contributed by atoms with van der Waals surface area (Å²) in [7, 11) is 1.68. The summed E-state index contributed by atoms with van der Waals surface area (Å²) >= 11 is 0. The minimum atomic E-state index is -2.53. The number of alkyl halides is 2. The summed E-state index contributed by atoms with van der Waals surface area (Å²) in [6, 6.07) is 4.22. The van der Waals surface area contributed by atoms with Gasteiger partial charge in [-0.3, -0.25) is 14.6 Å². The molecule has 0 aromatic carbocycles. The number of halogens is 2. The lowest BCUT2D eigenvalue weighted by Crippen LogP contribution is -2.23. The second kappa shape index (κ2) is 5.89. The predicted octanol–water partition coefficient (Wildman–Crippen LogP) is 3.09. The number of likely N-dealkylation sites (tertiary alicyclic amines) is 1. The summed E-state index contributed by atoms with van der Waals surface area (Å²) in [6.45, 7) is 1.42. The van der Waals surface area contributed by atoms with E-state index in [1.807, 2.05) is 18.3 Å². The van der Waals surface area contributed by atoms with Gasteiger partial charge in [-0.25, -0.2) is 8.78 Å². The number of hydrogen-bond donors (Lipinski definition) is 0. The average Bonchev–Trinajstić information content (AvgIpc) is 3.07. The van der Waals surface area contributed by atoms with Crippen LogP contribution in [0.5, 0.6) is 0 Å². The molecular weight excluding hydrogens is 274 g/mol. The minimum Gasteiger partial charge on any atom is -0.292 e. The van der Waals surface area contributed by atoms with Crippen LogP contribution in [0.1, 0.15) is 42.1 Å². The number of rotatable bonds is 4. The monoisotopic (exact) mass is 292 g/mol. The third-order valence-electron chi connectivity index (χ3n) is 3.95. The summed E-state index contributed by atoms with van der Waals surface area (Å²) in [4.78, 5) is 6.39. The van der Waals surface area contributed by atoms with E-state index in [4.69, 9.17) is 0 Å². The van der Waals surface area contributed by atoms with Crippen LogP contribution in [-0.4, -0.2) is 26.2 Å². The van der Waals surface area contributed by atoms with E-state index in [-0.39, 0.29) is 11.7 Å². The normalized spacial score (nSPS) is 19.5. The molecule has 112 valence electrons. The molecule has 1 saturated heterocycles. The van der Waals surface area contributed by atoms with Gasteiger partial charge in [0, 0.05) is 43.8 Å². The molecule has 0 spiro atoms. The second-order valence-corrected chi connectivity index (χ2v) is 5.43. The molecule has 21 heavy (non-hydrogen) atoms. The van der Waals surface area contributed by atoms with E-state index < -0.39 is 6.43 Å². The Morgan fingerprint density at radius 2 is 2.29 bits per heavy atom. The zero-order valence-corrected chi connectivity index (χ0v) is 11.9. The van der Waals surface area contributed by atoms with Gasteiger partial charge < -0.3 is 0 Å². The van der Waals surface area contributed by atoms with Crippen LogP contribution in [0.25, 0.3) is 0 Å². The van der Waals surface area contributed by atoms with Gasteiger partial charge in [0.1, 0.15) is 5.69 Å². The van der Waals surface area contributed by atoms with Crippen molar-refractivity contribution in [3.63, 3.8) is 0 Å². The van der Waals surface area contributed by atoms with Gasteiger partial charge in [0.25, 0.3) is 6.43 Å². The third kappa shape index (κ3) is 2.95. The quantitative estimate of drug-likeness (QED) is 0.868. The lowest BCUT2D eigenvalue weighted by atomic mass is 10.1. The molecule has 1 atom stereocenters. The van der Waals surface area contributed by atoms with Crippen LogP contribution >= 0.6 is 0 Å². The van der Waals surface area contributed by atoms with Gasteiger partial charge in [-0.2, -0.15) is 5.10 Å². The molecule has 0 aliphatic carbocycles. The van der Waals surface area contributed by atoms with Gasteiger partial charge >= 0.3 is 0 Å². The Balaban J connectivity index is 1.81. The van der Waals surface area contributed by atoms with Gasteiger partial charge in [-0.15, -0.1) is 0 Å². The maximum atomic E-state index is 13.0. The minimum absolute atomic E-state index is 0.102. The first-order valence-corrected chi connectivity index (χ1v) is 7.09. The van der Waals surface area contributed by atoms with Gasteiger partial charge in [0.05, 0.1) is 0 Å². The standard InChI is InChI=1S/C15H18F2N4/c1-20-9-12(14(19-20)15(16)17)10-21-7-3-5-13(21)11-4-2-6-18-8-11/h2,4,6,8-9,13,15H,3,5,7,10H2,1H3. The van der Waals surface area contributed by atoms with Crippen molar-refractivity contribution in [3.8, 4) is 0 Å². The number of aryl methyl sites for hydroxylation is 1. The van der Waals surface area contributed by atoms with Crippen molar-refractivity contribution < 1.29 is 8.78 Å². The number of nitrogens with zero attached hydrogens (tertiary/aromatic N) is 4. The Kier molecular flexibility index (Phi) is 3.96. The highest BCUT2D eigenvalue weighted by Gasteiger charge is 2.28. The van der Waals surface area contributed by atoms with Crippen molar-refractivity contribution in [3.05, 3.63) is 47.5 Å². The van der Waals surface area contributed by atoms with Gasteiger partial charge in [-0.1, -0.05) is 6.07 Å². The summed E-state index contributed by atoms with van der Waals surface area (Å²) in [5.74, 6) is 0. The topological polar surface area (TPSA) is 34.0 Å². The Labute approximate surface area is 122 Å². The first kappa shape index (κ1) is 14.1. The van der Waals surface area contributed by atoms with Gasteiger partial charge in [-0.05, 0) is 31.0 Å². The molecule has 0 amide bonds. The van der Waals surface area contributed by atoms with Crippen LogP contribution in [0.15, 0.2) is 30.7 Å². The highest BCUT2D eigenvalue weighted by molar-refractivity contribution is 5.20. The molecule has 0 radical (unpaired) electrons. The smallest absolute Gasteiger partial charge is 0.282 e.